The Labute approximate surface area is 150 Å². The molecule has 0 aliphatic heterocycles. The smallest absolute Gasteiger partial charge is 1.00 e. The van der Waals surface area contributed by atoms with Crippen LogP contribution in [0.25, 0.3) is 0 Å². The van der Waals surface area contributed by atoms with Crippen LogP contribution in [0.15, 0.2) is 0 Å². The van der Waals surface area contributed by atoms with Gasteiger partial charge in [0, 0.05) is 0 Å². The summed E-state index contributed by atoms with van der Waals surface area (Å²) in [5, 5.41) is 0. The predicted molar refractivity (Wildman–Crippen MR) is 26.5 cm³/mol. The molecule has 0 rings (SSSR count). The zero-order valence-electron chi connectivity index (χ0n) is 6.58. The van der Waals surface area contributed by atoms with Gasteiger partial charge in [-0.1, -0.05) is 0 Å². The fourth-order valence-electron chi connectivity index (χ4n) is 0. The fraction of sp³-hybridized carbons (Fsp3) is 0. The summed E-state index contributed by atoms with van der Waals surface area (Å²) in [6.45, 7) is 0. The summed E-state index contributed by atoms with van der Waals surface area (Å²) >= 11 is 0. The number of halogens is 1. The molecule has 0 aromatic carbocycles. The van der Waals surface area contributed by atoms with Crippen molar-refractivity contribution >= 4 is 20.8 Å². The average Bonchev–Trinajstić information content (AvgIpc) is 1.12. The van der Waals surface area contributed by atoms with Crippen molar-refractivity contribution < 1.29 is 133 Å². The van der Waals surface area contributed by atoms with E-state index in [1.165, 1.54) is 0 Å². The Kier molecular flexibility index (Phi) is 29.5. The van der Waals surface area contributed by atoms with Crippen molar-refractivity contribution in [2.75, 3.05) is 0 Å². The standard InChI is InChI=1S/BrH.K.Na.2H2O4S/c;;;2*1-5(2,3)4/h1H;;;2*(H2,1,2,3,4)/q;2*+1;;/p-2. The minimum absolute atomic E-state index is 0. The summed E-state index contributed by atoms with van der Waals surface area (Å²) in [6.07, 6.45) is 0. The van der Waals surface area contributed by atoms with Crippen molar-refractivity contribution in [1.82, 2.24) is 0 Å². The first-order valence-corrected chi connectivity index (χ1v) is 4.14. The Morgan fingerprint density at radius 3 is 0.923 bits per heavy atom. The molecule has 0 heterocycles. The zero-order valence-corrected chi connectivity index (χ0v) is 14.9. The second-order valence-corrected chi connectivity index (χ2v) is 2.63. The van der Waals surface area contributed by atoms with Gasteiger partial charge in [0.2, 0.25) is 10.4 Å². The van der Waals surface area contributed by atoms with Gasteiger partial charge in [0.25, 0.3) is 0 Å². The molecule has 0 saturated carbocycles. The SMILES string of the molecule is O=S(=O)(O)O.O=S(=O)([O-])O.[Br-].[K+].[Na+]. The molecular formula is H3BrKNaO8S2. The summed E-state index contributed by atoms with van der Waals surface area (Å²) in [5.41, 5.74) is 0. The second kappa shape index (κ2) is 12.9. The van der Waals surface area contributed by atoms with Crippen LogP contribution in [-0.2, 0) is 20.8 Å². The summed E-state index contributed by atoms with van der Waals surface area (Å²) in [7, 11) is -9.58. The van der Waals surface area contributed by atoms with Gasteiger partial charge in [-0.05, 0) is 0 Å². The number of rotatable bonds is 0. The van der Waals surface area contributed by atoms with E-state index >= 15 is 0 Å². The van der Waals surface area contributed by atoms with Gasteiger partial charge < -0.3 is 21.5 Å². The van der Waals surface area contributed by atoms with Gasteiger partial charge in [0.05, 0.1) is 0 Å². The molecule has 0 aliphatic rings. The van der Waals surface area contributed by atoms with Crippen LogP contribution in [0.4, 0.5) is 0 Å². The van der Waals surface area contributed by atoms with E-state index in [2.05, 4.69) is 0 Å². The van der Waals surface area contributed by atoms with Crippen molar-refractivity contribution in [3.05, 3.63) is 0 Å². The molecule has 3 N–H and O–H groups in total. The maximum atomic E-state index is 8.74. The van der Waals surface area contributed by atoms with Crippen molar-refractivity contribution in [2.24, 2.45) is 0 Å². The maximum absolute atomic E-state index is 8.74. The third kappa shape index (κ3) is 301. The van der Waals surface area contributed by atoms with E-state index in [9.17, 15) is 0 Å². The van der Waals surface area contributed by atoms with E-state index in [1.54, 1.807) is 0 Å². The summed E-state index contributed by atoms with van der Waals surface area (Å²) in [6, 6.07) is 0. The molecule has 0 aliphatic carbocycles. The summed E-state index contributed by atoms with van der Waals surface area (Å²) in [4.78, 5) is 0. The molecule has 13 heteroatoms. The Balaban J connectivity index is -0.0000000267. The van der Waals surface area contributed by atoms with Crippen LogP contribution in [0, 0.1) is 0 Å². The predicted octanol–water partition coefficient (Wildman–Crippen LogP) is -10.6. The monoisotopic (exact) mass is 336 g/mol. The van der Waals surface area contributed by atoms with Crippen molar-refractivity contribution in [3.8, 4) is 0 Å². The third-order valence-electron chi connectivity index (χ3n) is 0. The normalized spacial score (nSPS) is 8.92. The summed E-state index contributed by atoms with van der Waals surface area (Å²) in [5.74, 6) is 0. The molecule has 0 atom stereocenters. The van der Waals surface area contributed by atoms with E-state index in [-0.39, 0.29) is 97.9 Å². The van der Waals surface area contributed by atoms with Gasteiger partial charge in [-0.15, -0.1) is 0 Å². The minimum Gasteiger partial charge on any atom is -1.00 e. The molecule has 0 fully saturated rings. The first-order valence-electron chi connectivity index (χ1n) is 1.38. The van der Waals surface area contributed by atoms with Gasteiger partial charge in [0.1, 0.15) is 0 Å². The molecule has 8 nitrogen and oxygen atoms in total. The van der Waals surface area contributed by atoms with E-state index in [0.29, 0.717) is 0 Å². The molecule has 0 aromatic heterocycles. The Morgan fingerprint density at radius 1 is 0.923 bits per heavy atom. The van der Waals surface area contributed by atoms with Gasteiger partial charge in [-0.3, -0.25) is 13.7 Å². The largest absolute Gasteiger partial charge is 1.00 e. The Bertz CT molecular complexity index is 219. The van der Waals surface area contributed by atoms with Crippen LogP contribution in [0.1, 0.15) is 0 Å². The zero-order chi connectivity index (χ0) is 9.00. The average molecular weight is 337 g/mol. The molecular weight excluding hydrogens is 334 g/mol. The van der Waals surface area contributed by atoms with Gasteiger partial charge in [0.15, 0.2) is 0 Å². The molecule has 0 amide bonds. The van der Waals surface area contributed by atoms with Crippen molar-refractivity contribution in [3.63, 3.8) is 0 Å². The summed E-state index contributed by atoms with van der Waals surface area (Å²) < 4.78 is 64.4. The topological polar surface area (TPSA) is 152 Å². The molecule has 0 bridgehead atoms. The van der Waals surface area contributed by atoms with E-state index in [0.717, 1.165) is 0 Å². The maximum Gasteiger partial charge on any atom is 1.00 e. The quantitative estimate of drug-likeness (QED) is 0.224. The van der Waals surface area contributed by atoms with Gasteiger partial charge >= 0.3 is 91.3 Å². The van der Waals surface area contributed by atoms with Crippen LogP contribution >= 0.6 is 0 Å². The minimum atomic E-state index is -4.92. The van der Waals surface area contributed by atoms with Crippen LogP contribution in [0.3, 0.4) is 0 Å². The molecule has 13 heavy (non-hydrogen) atoms. The van der Waals surface area contributed by atoms with Crippen molar-refractivity contribution in [2.45, 2.75) is 0 Å². The van der Waals surface area contributed by atoms with Crippen LogP contribution < -0.4 is 97.9 Å². The van der Waals surface area contributed by atoms with Crippen molar-refractivity contribution in [1.29, 1.82) is 0 Å². The van der Waals surface area contributed by atoms with E-state index in [1.807, 2.05) is 0 Å². The molecule has 0 radical (unpaired) electrons. The molecule has 0 spiro atoms. The van der Waals surface area contributed by atoms with E-state index < -0.39 is 20.8 Å². The van der Waals surface area contributed by atoms with E-state index in [4.69, 9.17) is 35.0 Å². The second-order valence-electron chi connectivity index (χ2n) is 0.876. The fourth-order valence-corrected chi connectivity index (χ4v) is 0. The Morgan fingerprint density at radius 2 is 0.923 bits per heavy atom. The Hall–Kier alpha value is 2.86. The molecule has 0 unspecified atom stereocenters. The number of hydrogen-bond donors (Lipinski definition) is 3. The van der Waals surface area contributed by atoms with Crippen LogP contribution in [0.2, 0.25) is 0 Å². The third-order valence-corrected chi connectivity index (χ3v) is 0. The first kappa shape index (κ1) is 29.7. The van der Waals surface area contributed by atoms with Crippen LogP contribution in [0.5, 0.6) is 0 Å². The first-order chi connectivity index (χ1) is 4.00. The number of hydrogen-bond acceptors (Lipinski definition) is 5. The molecule has 0 saturated heterocycles. The molecule has 0 aromatic rings. The van der Waals surface area contributed by atoms with Crippen LogP contribution in [-0.4, -0.2) is 35.0 Å². The van der Waals surface area contributed by atoms with Gasteiger partial charge in [-0.25, -0.2) is 8.42 Å². The molecule has 72 valence electrons. The van der Waals surface area contributed by atoms with Gasteiger partial charge in [-0.2, -0.15) is 8.42 Å².